The van der Waals surface area contributed by atoms with Gasteiger partial charge in [-0.05, 0) is 30.8 Å². The SMILES string of the molecule is CN(CC(=O)Nc1cccc([N+](=O)[O-])c1)Cc1ccc(Br)cc1. The molecule has 1 N–H and O–H groups in total. The average molecular weight is 378 g/mol. The van der Waals surface area contributed by atoms with Crippen LogP contribution in [0.2, 0.25) is 0 Å². The van der Waals surface area contributed by atoms with Crippen molar-refractivity contribution < 1.29 is 9.72 Å². The van der Waals surface area contributed by atoms with Crippen LogP contribution in [0.4, 0.5) is 11.4 Å². The van der Waals surface area contributed by atoms with Crippen LogP contribution in [-0.2, 0) is 11.3 Å². The largest absolute Gasteiger partial charge is 0.325 e. The minimum absolute atomic E-state index is 0.0500. The predicted octanol–water partition coefficient (Wildman–Crippen LogP) is 3.43. The number of likely N-dealkylation sites (N-methyl/N-ethyl adjacent to an activating group) is 1. The molecule has 7 heteroatoms. The Morgan fingerprint density at radius 3 is 2.61 bits per heavy atom. The third kappa shape index (κ3) is 5.46. The number of hydrogen-bond acceptors (Lipinski definition) is 4. The maximum Gasteiger partial charge on any atom is 0.271 e. The lowest BCUT2D eigenvalue weighted by Gasteiger charge is -2.16. The lowest BCUT2D eigenvalue weighted by molar-refractivity contribution is -0.384. The van der Waals surface area contributed by atoms with E-state index in [-0.39, 0.29) is 18.1 Å². The van der Waals surface area contributed by atoms with Gasteiger partial charge in [0.25, 0.3) is 5.69 Å². The Labute approximate surface area is 142 Å². The van der Waals surface area contributed by atoms with E-state index in [2.05, 4.69) is 21.2 Å². The highest BCUT2D eigenvalue weighted by Gasteiger charge is 2.10. The molecule has 0 heterocycles. The summed E-state index contributed by atoms with van der Waals surface area (Å²) in [5.74, 6) is -0.217. The van der Waals surface area contributed by atoms with E-state index in [1.165, 1.54) is 12.1 Å². The quantitative estimate of drug-likeness (QED) is 0.617. The van der Waals surface area contributed by atoms with E-state index in [9.17, 15) is 14.9 Å². The lowest BCUT2D eigenvalue weighted by atomic mass is 10.2. The van der Waals surface area contributed by atoms with Gasteiger partial charge in [-0.2, -0.15) is 0 Å². The highest BCUT2D eigenvalue weighted by atomic mass is 79.9. The molecule has 0 saturated carbocycles. The number of hydrogen-bond donors (Lipinski definition) is 1. The third-order valence-corrected chi connectivity index (χ3v) is 3.65. The third-order valence-electron chi connectivity index (χ3n) is 3.12. The molecule has 0 atom stereocenters. The molecular weight excluding hydrogens is 362 g/mol. The van der Waals surface area contributed by atoms with Gasteiger partial charge in [-0.3, -0.25) is 19.8 Å². The number of nitrogens with one attached hydrogen (secondary N) is 1. The summed E-state index contributed by atoms with van der Waals surface area (Å²) >= 11 is 3.38. The zero-order valence-corrected chi connectivity index (χ0v) is 14.1. The molecule has 0 unspecified atom stereocenters. The maximum atomic E-state index is 12.0. The van der Waals surface area contributed by atoms with Crippen molar-refractivity contribution in [2.75, 3.05) is 18.9 Å². The molecule has 0 saturated heterocycles. The van der Waals surface area contributed by atoms with Crippen molar-refractivity contribution in [1.29, 1.82) is 0 Å². The van der Waals surface area contributed by atoms with Crippen LogP contribution >= 0.6 is 15.9 Å². The van der Waals surface area contributed by atoms with E-state index in [0.717, 1.165) is 10.0 Å². The molecule has 2 rings (SSSR count). The highest BCUT2D eigenvalue weighted by Crippen LogP contribution is 2.17. The van der Waals surface area contributed by atoms with Crippen LogP contribution in [0.25, 0.3) is 0 Å². The molecule has 6 nitrogen and oxygen atoms in total. The number of rotatable bonds is 6. The molecule has 0 fully saturated rings. The molecular formula is C16H16BrN3O3. The molecule has 0 bridgehead atoms. The van der Waals surface area contributed by atoms with Crippen LogP contribution in [0.15, 0.2) is 53.0 Å². The second-order valence-electron chi connectivity index (χ2n) is 5.15. The lowest BCUT2D eigenvalue weighted by Crippen LogP contribution is -2.29. The van der Waals surface area contributed by atoms with Gasteiger partial charge < -0.3 is 5.32 Å². The Hall–Kier alpha value is -2.25. The van der Waals surface area contributed by atoms with Gasteiger partial charge in [-0.1, -0.05) is 34.1 Å². The van der Waals surface area contributed by atoms with Crippen molar-refractivity contribution in [2.45, 2.75) is 6.54 Å². The van der Waals surface area contributed by atoms with E-state index in [0.29, 0.717) is 12.2 Å². The first-order valence-electron chi connectivity index (χ1n) is 6.91. The van der Waals surface area contributed by atoms with Crippen LogP contribution in [0, 0.1) is 10.1 Å². The van der Waals surface area contributed by atoms with Crippen molar-refractivity contribution >= 4 is 33.2 Å². The number of non-ortho nitro benzene ring substituents is 1. The highest BCUT2D eigenvalue weighted by molar-refractivity contribution is 9.10. The second kappa shape index (κ2) is 7.85. The van der Waals surface area contributed by atoms with Gasteiger partial charge in [0.2, 0.25) is 5.91 Å². The number of carbonyl (C=O) groups is 1. The van der Waals surface area contributed by atoms with E-state index in [1.54, 1.807) is 12.1 Å². The predicted molar refractivity (Wildman–Crippen MR) is 92.2 cm³/mol. The van der Waals surface area contributed by atoms with Crippen LogP contribution in [0.1, 0.15) is 5.56 Å². The van der Waals surface area contributed by atoms with Crippen molar-refractivity contribution in [1.82, 2.24) is 4.90 Å². The van der Waals surface area contributed by atoms with E-state index < -0.39 is 4.92 Å². The molecule has 0 spiro atoms. The summed E-state index contributed by atoms with van der Waals surface area (Å²) in [6.07, 6.45) is 0. The average Bonchev–Trinajstić information content (AvgIpc) is 2.49. The molecule has 0 aliphatic heterocycles. The number of benzene rings is 2. The summed E-state index contributed by atoms with van der Waals surface area (Å²) in [5.41, 5.74) is 1.46. The normalized spacial score (nSPS) is 10.6. The molecule has 120 valence electrons. The van der Waals surface area contributed by atoms with E-state index in [1.807, 2.05) is 36.2 Å². The molecule has 23 heavy (non-hydrogen) atoms. The van der Waals surface area contributed by atoms with Crippen LogP contribution in [0.5, 0.6) is 0 Å². The number of halogens is 1. The van der Waals surface area contributed by atoms with Gasteiger partial charge in [0.1, 0.15) is 0 Å². The minimum Gasteiger partial charge on any atom is -0.325 e. The maximum absolute atomic E-state index is 12.0. The number of carbonyl (C=O) groups excluding carboxylic acids is 1. The number of nitro benzene ring substituents is 1. The minimum atomic E-state index is -0.491. The smallest absolute Gasteiger partial charge is 0.271 e. The van der Waals surface area contributed by atoms with Crippen molar-refractivity contribution in [2.24, 2.45) is 0 Å². The summed E-state index contributed by atoms with van der Waals surface area (Å²) in [4.78, 5) is 24.1. The summed E-state index contributed by atoms with van der Waals surface area (Å²) < 4.78 is 1.01. The first-order valence-corrected chi connectivity index (χ1v) is 7.70. The Bertz CT molecular complexity index is 704. The number of anilines is 1. The number of amides is 1. The van der Waals surface area contributed by atoms with Gasteiger partial charge in [-0.15, -0.1) is 0 Å². The Balaban J connectivity index is 1.90. The number of nitro groups is 1. The summed E-state index contributed by atoms with van der Waals surface area (Å²) in [6.45, 7) is 0.828. The van der Waals surface area contributed by atoms with Crippen LogP contribution in [-0.4, -0.2) is 29.3 Å². The summed E-state index contributed by atoms with van der Waals surface area (Å²) in [6, 6.07) is 13.8. The summed E-state index contributed by atoms with van der Waals surface area (Å²) in [7, 11) is 1.84. The van der Waals surface area contributed by atoms with Gasteiger partial charge in [0.05, 0.1) is 11.5 Å². The topological polar surface area (TPSA) is 75.5 Å². The monoisotopic (exact) mass is 377 g/mol. The Morgan fingerprint density at radius 2 is 1.96 bits per heavy atom. The van der Waals surface area contributed by atoms with Crippen molar-refractivity contribution in [3.8, 4) is 0 Å². The fourth-order valence-corrected chi connectivity index (χ4v) is 2.36. The zero-order chi connectivity index (χ0) is 16.8. The molecule has 0 aliphatic rings. The number of nitrogens with zero attached hydrogens (tertiary/aromatic N) is 2. The van der Waals surface area contributed by atoms with Crippen LogP contribution < -0.4 is 5.32 Å². The standard InChI is InChI=1S/C16H16BrN3O3/c1-19(10-12-5-7-13(17)8-6-12)11-16(21)18-14-3-2-4-15(9-14)20(22)23/h2-9H,10-11H2,1H3,(H,18,21). The molecule has 0 aliphatic carbocycles. The second-order valence-corrected chi connectivity index (χ2v) is 6.07. The zero-order valence-electron chi connectivity index (χ0n) is 12.5. The molecule has 0 radical (unpaired) electrons. The first kappa shape index (κ1) is 17.1. The van der Waals surface area contributed by atoms with Crippen molar-refractivity contribution in [3.63, 3.8) is 0 Å². The fraction of sp³-hybridized carbons (Fsp3) is 0.188. The first-order chi connectivity index (χ1) is 10.9. The van der Waals surface area contributed by atoms with Crippen LogP contribution in [0.3, 0.4) is 0 Å². The Morgan fingerprint density at radius 1 is 1.26 bits per heavy atom. The van der Waals surface area contributed by atoms with Gasteiger partial charge in [0.15, 0.2) is 0 Å². The van der Waals surface area contributed by atoms with Gasteiger partial charge in [0, 0.05) is 28.8 Å². The molecule has 0 aromatic heterocycles. The summed E-state index contributed by atoms with van der Waals surface area (Å²) in [5, 5.41) is 13.4. The van der Waals surface area contributed by atoms with E-state index in [4.69, 9.17) is 0 Å². The van der Waals surface area contributed by atoms with Gasteiger partial charge >= 0.3 is 0 Å². The fourth-order valence-electron chi connectivity index (χ4n) is 2.10. The molecule has 2 aromatic carbocycles. The molecule has 1 amide bonds. The Kier molecular flexibility index (Phi) is 5.84. The molecule has 2 aromatic rings. The van der Waals surface area contributed by atoms with Gasteiger partial charge in [-0.25, -0.2) is 0 Å². The van der Waals surface area contributed by atoms with E-state index >= 15 is 0 Å². The van der Waals surface area contributed by atoms with Crippen molar-refractivity contribution in [3.05, 3.63) is 68.7 Å².